The Morgan fingerprint density at radius 1 is 0.812 bits per heavy atom. The summed E-state index contributed by atoms with van der Waals surface area (Å²) in [6.45, 7) is -0.182. The van der Waals surface area contributed by atoms with Crippen molar-refractivity contribution < 1.29 is 15.3 Å². The van der Waals surface area contributed by atoms with Crippen LogP contribution in [0.5, 0.6) is 11.5 Å². The summed E-state index contributed by atoms with van der Waals surface area (Å²) in [5, 5.41) is 28.7. The Morgan fingerprint density at radius 3 is 2.19 bits per heavy atom. The Balaban J connectivity index is 2.68. The largest absolute Gasteiger partial charge is 0.507 e. The second kappa shape index (κ2) is 4.24. The molecule has 2 aromatic carbocycles. The lowest BCUT2D eigenvalue weighted by Crippen LogP contribution is -1.90. The second-order valence-corrected chi connectivity index (χ2v) is 3.49. The fourth-order valence-corrected chi connectivity index (χ4v) is 1.71. The molecule has 16 heavy (non-hydrogen) atoms. The summed E-state index contributed by atoms with van der Waals surface area (Å²) in [7, 11) is 0. The van der Waals surface area contributed by atoms with Crippen molar-refractivity contribution >= 4 is 0 Å². The van der Waals surface area contributed by atoms with Crippen LogP contribution in [0.4, 0.5) is 0 Å². The van der Waals surface area contributed by atoms with Crippen molar-refractivity contribution in [3.8, 4) is 22.6 Å². The van der Waals surface area contributed by atoms with E-state index in [2.05, 4.69) is 0 Å². The van der Waals surface area contributed by atoms with Crippen molar-refractivity contribution in [2.45, 2.75) is 6.61 Å². The lowest BCUT2D eigenvalue weighted by atomic mass is 9.98. The van der Waals surface area contributed by atoms with Crippen LogP contribution in [0.15, 0.2) is 42.5 Å². The number of phenols is 2. The van der Waals surface area contributed by atoms with Gasteiger partial charge in [-0.1, -0.05) is 30.3 Å². The summed E-state index contributed by atoms with van der Waals surface area (Å²) < 4.78 is 0. The highest BCUT2D eigenvalue weighted by atomic mass is 16.3. The molecule has 0 spiro atoms. The van der Waals surface area contributed by atoms with Crippen LogP contribution in [0.25, 0.3) is 11.1 Å². The van der Waals surface area contributed by atoms with Crippen LogP contribution in [-0.4, -0.2) is 15.3 Å². The number of rotatable bonds is 2. The monoisotopic (exact) mass is 216 g/mol. The van der Waals surface area contributed by atoms with E-state index in [0.29, 0.717) is 16.7 Å². The zero-order chi connectivity index (χ0) is 11.5. The van der Waals surface area contributed by atoms with Crippen molar-refractivity contribution in [3.05, 3.63) is 48.0 Å². The van der Waals surface area contributed by atoms with Gasteiger partial charge in [0.15, 0.2) is 0 Å². The van der Waals surface area contributed by atoms with Gasteiger partial charge in [0.25, 0.3) is 0 Å². The van der Waals surface area contributed by atoms with E-state index in [9.17, 15) is 15.3 Å². The van der Waals surface area contributed by atoms with Gasteiger partial charge in [0.1, 0.15) is 11.5 Å². The minimum atomic E-state index is -0.182. The van der Waals surface area contributed by atoms with E-state index < -0.39 is 0 Å². The Kier molecular flexibility index (Phi) is 2.79. The number of hydrogen-bond donors (Lipinski definition) is 3. The number of phenolic OH excluding ortho intramolecular Hbond substituents is 2. The van der Waals surface area contributed by atoms with Crippen LogP contribution in [-0.2, 0) is 6.61 Å². The minimum Gasteiger partial charge on any atom is -0.507 e. The molecule has 0 saturated carbocycles. The number of aliphatic hydroxyl groups is 1. The molecule has 2 aromatic rings. The van der Waals surface area contributed by atoms with E-state index in [4.69, 9.17) is 0 Å². The molecule has 0 bridgehead atoms. The second-order valence-electron chi connectivity index (χ2n) is 3.49. The predicted molar refractivity (Wildman–Crippen MR) is 61.1 cm³/mol. The van der Waals surface area contributed by atoms with Gasteiger partial charge in [-0.25, -0.2) is 0 Å². The first-order chi connectivity index (χ1) is 7.74. The molecule has 0 radical (unpaired) electrons. The van der Waals surface area contributed by atoms with Gasteiger partial charge in [0.2, 0.25) is 0 Å². The lowest BCUT2D eigenvalue weighted by Gasteiger charge is -2.11. The molecule has 0 aliphatic carbocycles. The average molecular weight is 216 g/mol. The van der Waals surface area contributed by atoms with Gasteiger partial charge in [-0.15, -0.1) is 0 Å². The van der Waals surface area contributed by atoms with Crippen LogP contribution < -0.4 is 0 Å². The Morgan fingerprint density at radius 2 is 1.50 bits per heavy atom. The fraction of sp³-hybridized carbons (Fsp3) is 0.0769. The molecular formula is C13H12O3. The van der Waals surface area contributed by atoms with E-state index in [1.165, 1.54) is 6.07 Å². The first-order valence-corrected chi connectivity index (χ1v) is 4.94. The van der Waals surface area contributed by atoms with Crippen LogP contribution in [0.3, 0.4) is 0 Å². The smallest absolute Gasteiger partial charge is 0.123 e. The first kappa shape index (κ1) is 10.5. The molecule has 0 fully saturated rings. The third-order valence-corrected chi connectivity index (χ3v) is 2.47. The number of benzene rings is 2. The van der Waals surface area contributed by atoms with E-state index in [1.807, 2.05) is 0 Å². The summed E-state index contributed by atoms with van der Waals surface area (Å²) in [5.74, 6) is 0.131. The van der Waals surface area contributed by atoms with Gasteiger partial charge in [-0.05, 0) is 17.7 Å². The highest BCUT2D eigenvalue weighted by molar-refractivity contribution is 5.78. The summed E-state index contributed by atoms with van der Waals surface area (Å²) in [6, 6.07) is 11.6. The normalized spacial score (nSPS) is 10.3. The van der Waals surface area contributed by atoms with Crippen molar-refractivity contribution in [2.24, 2.45) is 0 Å². The van der Waals surface area contributed by atoms with Gasteiger partial charge >= 0.3 is 0 Å². The number of hydrogen-bond acceptors (Lipinski definition) is 3. The summed E-state index contributed by atoms with van der Waals surface area (Å²) >= 11 is 0. The molecule has 3 heteroatoms. The van der Waals surface area contributed by atoms with Crippen LogP contribution in [0.1, 0.15) is 5.56 Å². The topological polar surface area (TPSA) is 60.7 Å². The summed E-state index contributed by atoms with van der Waals surface area (Å²) in [5.41, 5.74) is 1.58. The van der Waals surface area contributed by atoms with Gasteiger partial charge in [0.05, 0.1) is 6.61 Å². The Labute approximate surface area is 93.2 Å². The summed E-state index contributed by atoms with van der Waals surface area (Å²) in [6.07, 6.45) is 0. The quantitative estimate of drug-likeness (QED) is 0.721. The minimum absolute atomic E-state index is 0.0491. The molecule has 2 rings (SSSR count). The maximum Gasteiger partial charge on any atom is 0.123 e. The standard InChI is InChI=1S/C13H12O3/c14-8-9-4-3-7-12(16)13(9)10-5-1-2-6-11(10)15/h1-7,14-16H,8H2. The van der Waals surface area contributed by atoms with Crippen molar-refractivity contribution in [1.29, 1.82) is 0 Å². The van der Waals surface area contributed by atoms with E-state index in [0.717, 1.165) is 0 Å². The van der Waals surface area contributed by atoms with Crippen LogP contribution in [0, 0.1) is 0 Å². The molecule has 0 unspecified atom stereocenters. The molecule has 82 valence electrons. The number of aliphatic hydroxyl groups excluding tert-OH is 1. The molecule has 0 atom stereocenters. The highest BCUT2D eigenvalue weighted by Crippen LogP contribution is 2.37. The van der Waals surface area contributed by atoms with E-state index >= 15 is 0 Å². The van der Waals surface area contributed by atoms with E-state index in [-0.39, 0.29) is 18.1 Å². The molecule has 0 amide bonds. The third kappa shape index (κ3) is 1.73. The molecule has 3 nitrogen and oxygen atoms in total. The molecule has 0 aliphatic heterocycles. The van der Waals surface area contributed by atoms with Gasteiger partial charge in [0, 0.05) is 11.1 Å². The third-order valence-electron chi connectivity index (χ3n) is 2.47. The molecule has 0 saturated heterocycles. The van der Waals surface area contributed by atoms with E-state index in [1.54, 1.807) is 36.4 Å². The van der Waals surface area contributed by atoms with Crippen LogP contribution in [0.2, 0.25) is 0 Å². The molecule has 0 aromatic heterocycles. The van der Waals surface area contributed by atoms with Gasteiger partial charge in [-0.2, -0.15) is 0 Å². The predicted octanol–water partition coefficient (Wildman–Crippen LogP) is 2.26. The lowest BCUT2D eigenvalue weighted by molar-refractivity contribution is 0.282. The number of para-hydroxylation sites is 1. The first-order valence-electron chi connectivity index (χ1n) is 4.94. The fourth-order valence-electron chi connectivity index (χ4n) is 1.71. The SMILES string of the molecule is OCc1cccc(O)c1-c1ccccc1O. The Hall–Kier alpha value is -2.00. The van der Waals surface area contributed by atoms with Crippen molar-refractivity contribution in [2.75, 3.05) is 0 Å². The number of aromatic hydroxyl groups is 2. The van der Waals surface area contributed by atoms with Crippen LogP contribution >= 0.6 is 0 Å². The van der Waals surface area contributed by atoms with Gasteiger partial charge in [-0.3, -0.25) is 0 Å². The maximum absolute atomic E-state index is 9.78. The maximum atomic E-state index is 9.78. The van der Waals surface area contributed by atoms with Crippen molar-refractivity contribution in [1.82, 2.24) is 0 Å². The zero-order valence-corrected chi connectivity index (χ0v) is 8.59. The van der Waals surface area contributed by atoms with Gasteiger partial charge < -0.3 is 15.3 Å². The molecular weight excluding hydrogens is 204 g/mol. The molecule has 0 aliphatic rings. The molecule has 3 N–H and O–H groups in total. The average Bonchev–Trinajstić information content (AvgIpc) is 2.30. The Bertz CT molecular complexity index is 506. The highest BCUT2D eigenvalue weighted by Gasteiger charge is 2.12. The zero-order valence-electron chi connectivity index (χ0n) is 8.59. The summed E-state index contributed by atoms with van der Waals surface area (Å²) in [4.78, 5) is 0. The van der Waals surface area contributed by atoms with Crippen molar-refractivity contribution in [3.63, 3.8) is 0 Å². The molecule has 0 heterocycles.